The van der Waals surface area contributed by atoms with E-state index in [1.54, 1.807) is 17.6 Å². The molecule has 118 valence electrons. The summed E-state index contributed by atoms with van der Waals surface area (Å²) in [5, 5.41) is 4.93. The largest absolute Gasteiger partial charge is 0.443 e. The van der Waals surface area contributed by atoms with Crippen LogP contribution in [0.2, 0.25) is 0 Å². The third-order valence-corrected chi connectivity index (χ3v) is 4.52. The van der Waals surface area contributed by atoms with E-state index in [2.05, 4.69) is 17.2 Å². The molecule has 0 aromatic carbocycles. The molecule has 0 radical (unpaired) electrons. The van der Waals surface area contributed by atoms with Gasteiger partial charge < -0.3 is 14.6 Å². The molecule has 3 rings (SSSR count). The number of nitrogens with one attached hydrogen (secondary N) is 1. The summed E-state index contributed by atoms with van der Waals surface area (Å²) in [6.45, 7) is 4.18. The summed E-state index contributed by atoms with van der Waals surface area (Å²) >= 11 is 1.59. The summed E-state index contributed by atoms with van der Waals surface area (Å²) in [5.41, 5.74) is 0.750. The second kappa shape index (κ2) is 6.96. The first-order chi connectivity index (χ1) is 10.8. The van der Waals surface area contributed by atoms with Crippen LogP contribution in [0.3, 0.4) is 0 Å². The van der Waals surface area contributed by atoms with E-state index in [1.807, 2.05) is 22.4 Å². The van der Waals surface area contributed by atoms with Crippen LogP contribution in [-0.2, 0) is 6.54 Å². The molecule has 6 heteroatoms. The number of aromatic nitrogens is 1. The lowest BCUT2D eigenvalue weighted by atomic mass is 10.3. The van der Waals surface area contributed by atoms with E-state index in [9.17, 15) is 4.79 Å². The standard InChI is InChI=1S/C16H21N3O2S/c1-2-7-19(10-12-5-6-12)16(20)17-9-13-11-21-15(18-13)14-4-3-8-22-14/h3-4,8,11-12H,2,5-7,9-10H2,1H3,(H,17,20). The quantitative estimate of drug-likeness (QED) is 0.846. The first kappa shape index (κ1) is 15.1. The fraction of sp³-hybridized carbons (Fsp3) is 0.500. The Labute approximate surface area is 134 Å². The Balaban J connectivity index is 1.53. The van der Waals surface area contributed by atoms with Gasteiger partial charge in [-0.15, -0.1) is 11.3 Å². The van der Waals surface area contributed by atoms with Crippen LogP contribution in [0.15, 0.2) is 28.2 Å². The first-order valence-electron chi connectivity index (χ1n) is 7.77. The number of hydrogen-bond donors (Lipinski definition) is 1. The first-order valence-corrected chi connectivity index (χ1v) is 8.65. The molecule has 1 fully saturated rings. The van der Waals surface area contributed by atoms with Crippen molar-refractivity contribution in [3.63, 3.8) is 0 Å². The highest BCUT2D eigenvalue weighted by Gasteiger charge is 2.26. The summed E-state index contributed by atoms with van der Waals surface area (Å²) < 4.78 is 5.46. The second-order valence-electron chi connectivity index (χ2n) is 5.67. The number of oxazole rings is 1. The van der Waals surface area contributed by atoms with E-state index < -0.39 is 0 Å². The van der Waals surface area contributed by atoms with Crippen molar-refractivity contribution in [3.05, 3.63) is 29.5 Å². The lowest BCUT2D eigenvalue weighted by molar-refractivity contribution is 0.194. The van der Waals surface area contributed by atoms with Crippen molar-refractivity contribution in [3.8, 4) is 10.8 Å². The Morgan fingerprint density at radius 1 is 1.55 bits per heavy atom. The molecule has 0 unspecified atom stereocenters. The van der Waals surface area contributed by atoms with Crippen molar-refractivity contribution >= 4 is 17.4 Å². The maximum atomic E-state index is 12.3. The van der Waals surface area contributed by atoms with Gasteiger partial charge in [0.1, 0.15) is 6.26 Å². The van der Waals surface area contributed by atoms with Crippen molar-refractivity contribution in [2.24, 2.45) is 5.92 Å². The van der Waals surface area contributed by atoms with Gasteiger partial charge in [-0.1, -0.05) is 13.0 Å². The Hall–Kier alpha value is -1.82. The van der Waals surface area contributed by atoms with Crippen LogP contribution < -0.4 is 5.32 Å². The highest BCUT2D eigenvalue weighted by atomic mass is 32.1. The minimum atomic E-state index is -0.00516. The molecule has 2 aromatic heterocycles. The minimum absolute atomic E-state index is 0.00516. The fourth-order valence-corrected chi connectivity index (χ4v) is 2.99. The van der Waals surface area contributed by atoms with Crippen LogP contribution >= 0.6 is 11.3 Å². The van der Waals surface area contributed by atoms with Gasteiger partial charge in [-0.25, -0.2) is 9.78 Å². The molecule has 0 aliphatic heterocycles. The Bertz CT molecular complexity index is 605. The summed E-state index contributed by atoms with van der Waals surface area (Å²) in [6.07, 6.45) is 5.09. The van der Waals surface area contributed by atoms with Crippen LogP contribution in [0.1, 0.15) is 31.9 Å². The molecule has 1 aliphatic carbocycles. The topological polar surface area (TPSA) is 58.4 Å². The van der Waals surface area contributed by atoms with Crippen molar-refractivity contribution < 1.29 is 9.21 Å². The Morgan fingerprint density at radius 2 is 2.41 bits per heavy atom. The van der Waals surface area contributed by atoms with Gasteiger partial charge in [-0.2, -0.15) is 0 Å². The molecule has 2 aromatic rings. The maximum Gasteiger partial charge on any atom is 0.317 e. The monoisotopic (exact) mass is 319 g/mol. The zero-order chi connectivity index (χ0) is 15.4. The maximum absolute atomic E-state index is 12.3. The number of rotatable bonds is 7. The average Bonchev–Trinajstić information content (AvgIpc) is 3.01. The van der Waals surface area contributed by atoms with E-state index in [0.29, 0.717) is 18.4 Å². The predicted octanol–water partition coefficient (Wildman–Crippen LogP) is 3.73. The number of carbonyl (C=O) groups is 1. The molecule has 0 spiro atoms. The third-order valence-electron chi connectivity index (χ3n) is 3.66. The molecule has 22 heavy (non-hydrogen) atoms. The average molecular weight is 319 g/mol. The molecule has 2 heterocycles. The van der Waals surface area contributed by atoms with Gasteiger partial charge in [-0.05, 0) is 36.6 Å². The molecular formula is C16H21N3O2S. The van der Waals surface area contributed by atoms with Gasteiger partial charge in [-0.3, -0.25) is 0 Å². The third kappa shape index (κ3) is 3.88. The number of thiophene rings is 1. The summed E-state index contributed by atoms with van der Waals surface area (Å²) in [6, 6.07) is 3.93. The zero-order valence-electron chi connectivity index (χ0n) is 12.7. The predicted molar refractivity (Wildman–Crippen MR) is 86.6 cm³/mol. The Kier molecular flexibility index (Phi) is 4.77. The van der Waals surface area contributed by atoms with Crippen molar-refractivity contribution in [2.45, 2.75) is 32.7 Å². The molecular weight excluding hydrogens is 298 g/mol. The van der Waals surface area contributed by atoms with E-state index in [0.717, 1.165) is 30.1 Å². The summed E-state index contributed by atoms with van der Waals surface area (Å²) in [5.74, 6) is 1.32. The van der Waals surface area contributed by atoms with Gasteiger partial charge in [0.05, 0.1) is 17.1 Å². The second-order valence-corrected chi connectivity index (χ2v) is 6.62. The number of nitrogens with zero attached hydrogens (tertiary/aromatic N) is 2. The van der Waals surface area contributed by atoms with Gasteiger partial charge in [0.15, 0.2) is 0 Å². The van der Waals surface area contributed by atoms with Gasteiger partial charge in [0.2, 0.25) is 5.89 Å². The normalized spacial score (nSPS) is 14.0. The number of carbonyl (C=O) groups excluding carboxylic acids is 1. The van der Waals surface area contributed by atoms with Crippen LogP contribution in [0, 0.1) is 5.92 Å². The minimum Gasteiger partial charge on any atom is -0.443 e. The molecule has 5 nitrogen and oxygen atoms in total. The molecule has 2 amide bonds. The summed E-state index contributed by atoms with van der Waals surface area (Å²) in [7, 11) is 0. The lowest BCUT2D eigenvalue weighted by Gasteiger charge is -2.22. The molecule has 0 atom stereocenters. The highest BCUT2D eigenvalue weighted by molar-refractivity contribution is 7.13. The summed E-state index contributed by atoms with van der Waals surface area (Å²) in [4.78, 5) is 19.6. The molecule has 1 saturated carbocycles. The zero-order valence-corrected chi connectivity index (χ0v) is 13.6. The SMILES string of the molecule is CCCN(CC1CC1)C(=O)NCc1coc(-c2cccs2)n1. The molecule has 1 aliphatic rings. The molecule has 1 N–H and O–H groups in total. The van der Waals surface area contributed by atoms with Crippen molar-refractivity contribution in [1.29, 1.82) is 0 Å². The van der Waals surface area contributed by atoms with E-state index in [4.69, 9.17) is 4.42 Å². The van der Waals surface area contributed by atoms with Crippen molar-refractivity contribution in [2.75, 3.05) is 13.1 Å². The fourth-order valence-electron chi connectivity index (χ4n) is 2.34. The molecule has 0 saturated heterocycles. The van der Waals surface area contributed by atoms with E-state index in [-0.39, 0.29) is 6.03 Å². The van der Waals surface area contributed by atoms with Crippen LogP contribution in [0.5, 0.6) is 0 Å². The lowest BCUT2D eigenvalue weighted by Crippen LogP contribution is -2.41. The Morgan fingerprint density at radius 3 is 3.09 bits per heavy atom. The number of urea groups is 1. The van der Waals surface area contributed by atoms with Crippen molar-refractivity contribution in [1.82, 2.24) is 15.2 Å². The highest BCUT2D eigenvalue weighted by Crippen LogP contribution is 2.29. The van der Waals surface area contributed by atoms with Gasteiger partial charge in [0, 0.05) is 13.1 Å². The molecule has 0 bridgehead atoms. The van der Waals surface area contributed by atoms with Gasteiger partial charge >= 0.3 is 6.03 Å². The number of amides is 2. The van der Waals surface area contributed by atoms with Gasteiger partial charge in [0.25, 0.3) is 0 Å². The van der Waals surface area contributed by atoms with E-state index in [1.165, 1.54) is 12.8 Å². The van der Waals surface area contributed by atoms with Crippen LogP contribution in [-0.4, -0.2) is 29.0 Å². The van der Waals surface area contributed by atoms with Crippen LogP contribution in [0.4, 0.5) is 4.79 Å². The van der Waals surface area contributed by atoms with E-state index >= 15 is 0 Å². The van der Waals surface area contributed by atoms with Crippen LogP contribution in [0.25, 0.3) is 10.8 Å². The smallest absolute Gasteiger partial charge is 0.317 e. The number of hydrogen-bond acceptors (Lipinski definition) is 4.